The molecular formula is C33H41F4N4O2PS. The molecule has 1 unspecified atom stereocenters. The third-order valence-electron chi connectivity index (χ3n) is 8.88. The quantitative estimate of drug-likeness (QED) is 0.160. The van der Waals surface area contributed by atoms with Gasteiger partial charge in [0, 0.05) is 36.8 Å². The molecule has 0 aliphatic carbocycles. The number of halogens is 4. The number of nitrogens with one attached hydrogen (secondary N) is 2. The topological polar surface area (TPSA) is 56.8 Å². The van der Waals surface area contributed by atoms with Crippen LogP contribution in [0.25, 0.3) is 10.1 Å². The summed E-state index contributed by atoms with van der Waals surface area (Å²) in [5, 5.41) is 7.76. The Kier molecular flexibility index (Phi) is 10.4. The molecule has 2 saturated heterocycles. The van der Waals surface area contributed by atoms with Gasteiger partial charge < -0.3 is 29.7 Å². The Morgan fingerprint density at radius 2 is 1.89 bits per heavy atom. The SMILES string of the molecule is COc1cc(P2(=O)CCC(N(C)C)CC2)ccc1NCC#Cc1sc2c(NC3CCN(C)C[C@@H]3F)cccc2c1CC(F)(F)F. The molecule has 3 aromatic rings. The van der Waals surface area contributed by atoms with Gasteiger partial charge in [0.05, 0.1) is 47.1 Å². The summed E-state index contributed by atoms with van der Waals surface area (Å²) in [5.41, 5.74) is 1.43. The van der Waals surface area contributed by atoms with E-state index in [-0.39, 0.29) is 12.1 Å². The summed E-state index contributed by atoms with van der Waals surface area (Å²) in [6, 6.07) is 10.7. The largest absolute Gasteiger partial charge is 0.495 e. The summed E-state index contributed by atoms with van der Waals surface area (Å²) in [4.78, 5) is 4.46. The maximum atomic E-state index is 14.8. The normalized spacial score (nSPS) is 24.3. The minimum absolute atomic E-state index is 0.134. The molecule has 0 radical (unpaired) electrons. The molecule has 1 aromatic heterocycles. The number of thiophene rings is 1. The number of rotatable bonds is 8. The fourth-order valence-corrected chi connectivity index (χ4v) is 10.3. The van der Waals surface area contributed by atoms with Crippen molar-refractivity contribution in [2.75, 3.05) is 70.8 Å². The molecule has 2 aliphatic rings. The van der Waals surface area contributed by atoms with Crippen LogP contribution in [0.2, 0.25) is 0 Å². The van der Waals surface area contributed by atoms with Crippen LogP contribution in [-0.4, -0.2) is 94.4 Å². The van der Waals surface area contributed by atoms with Gasteiger partial charge in [0.2, 0.25) is 0 Å². The highest BCUT2D eigenvalue weighted by Gasteiger charge is 2.34. The molecule has 5 rings (SSSR count). The molecule has 2 atom stereocenters. The van der Waals surface area contributed by atoms with Crippen molar-refractivity contribution < 1.29 is 26.9 Å². The minimum Gasteiger partial charge on any atom is -0.495 e. The first-order valence-electron chi connectivity index (χ1n) is 15.2. The lowest BCUT2D eigenvalue weighted by Crippen LogP contribution is -2.46. The molecule has 0 bridgehead atoms. The molecule has 2 N–H and O–H groups in total. The molecule has 12 heteroatoms. The Morgan fingerprint density at radius 1 is 1.13 bits per heavy atom. The minimum atomic E-state index is -4.41. The lowest BCUT2D eigenvalue weighted by molar-refractivity contribution is -0.126. The molecule has 45 heavy (non-hydrogen) atoms. The molecule has 6 nitrogen and oxygen atoms in total. The summed E-state index contributed by atoms with van der Waals surface area (Å²) >= 11 is 1.20. The second-order valence-corrected chi connectivity index (χ2v) is 16.5. The van der Waals surface area contributed by atoms with Crippen molar-refractivity contribution in [3.8, 4) is 17.6 Å². The van der Waals surface area contributed by atoms with Crippen LogP contribution < -0.4 is 20.7 Å². The van der Waals surface area contributed by atoms with Crippen molar-refractivity contribution in [3.05, 3.63) is 46.8 Å². The van der Waals surface area contributed by atoms with E-state index in [1.54, 1.807) is 25.3 Å². The highest BCUT2D eigenvalue weighted by molar-refractivity contribution is 7.71. The van der Waals surface area contributed by atoms with Gasteiger partial charge in [0.15, 0.2) is 0 Å². The number of alkyl halides is 4. The molecule has 3 heterocycles. The van der Waals surface area contributed by atoms with E-state index in [9.17, 15) is 22.1 Å². The van der Waals surface area contributed by atoms with E-state index in [0.717, 1.165) is 24.7 Å². The van der Waals surface area contributed by atoms with Crippen molar-refractivity contribution in [2.45, 2.75) is 50.1 Å². The average molecular weight is 665 g/mol. The van der Waals surface area contributed by atoms with Crippen LogP contribution in [0.15, 0.2) is 36.4 Å². The molecule has 0 spiro atoms. The van der Waals surface area contributed by atoms with E-state index in [2.05, 4.69) is 41.5 Å². The van der Waals surface area contributed by atoms with Crippen molar-refractivity contribution in [2.24, 2.45) is 0 Å². The number of nitrogens with zero attached hydrogens (tertiary/aromatic N) is 2. The van der Waals surface area contributed by atoms with Gasteiger partial charge >= 0.3 is 6.18 Å². The second kappa shape index (κ2) is 13.9. The van der Waals surface area contributed by atoms with Crippen LogP contribution in [0.4, 0.5) is 28.9 Å². The number of piperidine rings is 1. The van der Waals surface area contributed by atoms with Gasteiger partial charge in [-0.3, -0.25) is 0 Å². The van der Waals surface area contributed by atoms with Crippen LogP contribution in [-0.2, 0) is 11.0 Å². The number of benzene rings is 2. The van der Waals surface area contributed by atoms with Crippen molar-refractivity contribution in [1.29, 1.82) is 0 Å². The predicted octanol–water partition coefficient (Wildman–Crippen LogP) is 6.64. The van der Waals surface area contributed by atoms with Gasteiger partial charge in [-0.05, 0) is 75.6 Å². The maximum absolute atomic E-state index is 14.8. The smallest absolute Gasteiger partial charge is 0.393 e. The number of ether oxygens (including phenoxy) is 1. The Balaban J connectivity index is 1.34. The molecule has 244 valence electrons. The summed E-state index contributed by atoms with van der Waals surface area (Å²) in [5.74, 6) is 6.50. The van der Waals surface area contributed by atoms with Crippen LogP contribution in [0.3, 0.4) is 0 Å². The number of anilines is 2. The van der Waals surface area contributed by atoms with Crippen molar-refractivity contribution in [1.82, 2.24) is 9.80 Å². The van der Waals surface area contributed by atoms with E-state index in [1.807, 2.05) is 30.1 Å². The molecule has 0 saturated carbocycles. The summed E-state index contributed by atoms with van der Waals surface area (Å²) < 4.78 is 75.8. The lowest BCUT2D eigenvalue weighted by atomic mass is 10.0. The lowest BCUT2D eigenvalue weighted by Gasteiger charge is -2.33. The number of likely N-dealkylation sites (tertiary alicyclic amines) is 1. The standard InChI is InChI=1S/C33H41F4N4O2PS/c1-40(2)22-13-17-44(42,18-14-22)23-10-11-28(30(19-23)43-4)38-15-6-9-31-25(20-33(35,36)37)24-7-5-8-29(32(24)45-31)39-27-12-16-41(3)21-26(27)34/h5,7-8,10-11,19,22,26-27,38-39H,12-18,20-21H2,1-4H3/t22?,26-,27?,44?/m0/s1. The fourth-order valence-electron chi connectivity index (χ4n) is 6.27. The van der Waals surface area contributed by atoms with Crippen LogP contribution >= 0.6 is 18.5 Å². The third kappa shape index (κ3) is 7.97. The zero-order chi connectivity index (χ0) is 32.4. The predicted molar refractivity (Wildman–Crippen MR) is 178 cm³/mol. The first-order chi connectivity index (χ1) is 21.4. The zero-order valence-electron chi connectivity index (χ0n) is 26.1. The Labute approximate surface area is 266 Å². The highest BCUT2D eigenvalue weighted by atomic mass is 32.1. The maximum Gasteiger partial charge on any atom is 0.393 e. The average Bonchev–Trinajstić information content (AvgIpc) is 3.33. The Bertz CT molecular complexity index is 1600. The number of methoxy groups -OCH3 is 1. The van der Waals surface area contributed by atoms with Gasteiger partial charge in [-0.2, -0.15) is 13.2 Å². The molecule has 2 aliphatic heterocycles. The molecule has 2 fully saturated rings. The molecule has 0 amide bonds. The number of hydrogen-bond donors (Lipinski definition) is 2. The van der Waals surface area contributed by atoms with Crippen molar-refractivity contribution >= 4 is 45.2 Å². The van der Waals surface area contributed by atoms with Gasteiger partial charge in [-0.1, -0.05) is 24.0 Å². The van der Waals surface area contributed by atoms with E-state index in [0.29, 0.717) is 63.4 Å². The Morgan fingerprint density at radius 3 is 2.56 bits per heavy atom. The molecular weight excluding hydrogens is 623 g/mol. The summed E-state index contributed by atoms with van der Waals surface area (Å²) in [7, 11) is 5.02. The van der Waals surface area contributed by atoms with Crippen LogP contribution in [0.1, 0.15) is 29.7 Å². The monoisotopic (exact) mass is 664 g/mol. The van der Waals surface area contributed by atoms with Crippen molar-refractivity contribution in [3.63, 3.8) is 0 Å². The first-order valence-corrected chi connectivity index (χ1v) is 18.1. The van der Waals surface area contributed by atoms with Crippen LogP contribution in [0, 0.1) is 11.8 Å². The summed E-state index contributed by atoms with van der Waals surface area (Å²) in [6.07, 6.45) is -2.88. The highest BCUT2D eigenvalue weighted by Crippen LogP contribution is 2.50. The van der Waals surface area contributed by atoms with Gasteiger partial charge in [-0.25, -0.2) is 4.39 Å². The van der Waals surface area contributed by atoms with Crippen LogP contribution in [0.5, 0.6) is 5.75 Å². The van der Waals surface area contributed by atoms with E-state index >= 15 is 0 Å². The second-order valence-electron chi connectivity index (χ2n) is 12.3. The Hall–Kier alpha value is -2.77. The number of fused-ring (bicyclic) bond motifs is 1. The van der Waals surface area contributed by atoms with E-state index in [4.69, 9.17) is 4.74 Å². The van der Waals surface area contributed by atoms with E-state index < -0.39 is 32.0 Å². The van der Waals surface area contributed by atoms with Gasteiger partial charge in [0.1, 0.15) is 19.1 Å². The first kappa shape index (κ1) is 33.6. The van der Waals surface area contributed by atoms with Gasteiger partial charge in [-0.15, -0.1) is 11.3 Å². The van der Waals surface area contributed by atoms with Gasteiger partial charge in [0.25, 0.3) is 0 Å². The summed E-state index contributed by atoms with van der Waals surface area (Å²) in [6.45, 7) is 1.22. The number of hydrogen-bond acceptors (Lipinski definition) is 7. The zero-order valence-corrected chi connectivity index (χ0v) is 27.8. The third-order valence-corrected chi connectivity index (χ3v) is 13.3. The molecule has 2 aromatic carbocycles. The van der Waals surface area contributed by atoms with E-state index in [1.165, 1.54) is 11.3 Å². The fraction of sp³-hybridized carbons (Fsp3) is 0.515.